The molecule has 3 aromatic carbocycles. The molecule has 33 heavy (non-hydrogen) atoms. The number of carbonyl (C=O) groups excluding carboxylic acids is 3. The topological polar surface area (TPSA) is 75.7 Å². The Bertz CT molecular complexity index is 1270. The van der Waals surface area contributed by atoms with Crippen molar-refractivity contribution in [1.82, 2.24) is 5.32 Å². The van der Waals surface area contributed by atoms with Gasteiger partial charge in [-0.05, 0) is 60.2 Å². The highest BCUT2D eigenvalue weighted by Crippen LogP contribution is 2.26. The molecule has 0 atom stereocenters. The summed E-state index contributed by atoms with van der Waals surface area (Å²) in [5.41, 5.74) is 1.56. The van der Waals surface area contributed by atoms with Crippen LogP contribution in [0, 0.1) is 0 Å². The highest BCUT2D eigenvalue weighted by atomic mass is 79.9. The van der Waals surface area contributed by atoms with Crippen molar-refractivity contribution in [3.63, 3.8) is 0 Å². The van der Waals surface area contributed by atoms with Gasteiger partial charge in [-0.1, -0.05) is 57.3 Å². The van der Waals surface area contributed by atoms with Gasteiger partial charge in [0.05, 0.1) is 5.69 Å². The van der Waals surface area contributed by atoms with Crippen molar-refractivity contribution in [2.75, 3.05) is 4.90 Å². The minimum Gasteiger partial charge on any atom is -0.489 e. The van der Waals surface area contributed by atoms with E-state index in [1.165, 1.54) is 6.08 Å². The van der Waals surface area contributed by atoms with Crippen molar-refractivity contribution >= 4 is 68.7 Å². The van der Waals surface area contributed by atoms with Gasteiger partial charge < -0.3 is 4.74 Å². The summed E-state index contributed by atoms with van der Waals surface area (Å²) in [6.45, 7) is 0.215. The molecule has 0 aromatic heterocycles. The summed E-state index contributed by atoms with van der Waals surface area (Å²) in [5.74, 6) is -0.950. The molecule has 0 spiro atoms. The molecule has 0 radical (unpaired) electrons. The average Bonchev–Trinajstić information content (AvgIpc) is 2.78. The zero-order valence-corrected chi connectivity index (χ0v) is 19.9. The van der Waals surface area contributed by atoms with E-state index in [-0.39, 0.29) is 12.2 Å². The zero-order valence-electron chi connectivity index (χ0n) is 16.8. The lowest BCUT2D eigenvalue weighted by atomic mass is 10.1. The van der Waals surface area contributed by atoms with E-state index in [9.17, 15) is 14.4 Å². The second kappa shape index (κ2) is 9.79. The van der Waals surface area contributed by atoms with Crippen LogP contribution in [0.2, 0.25) is 10.0 Å². The normalized spacial score (nSPS) is 15.1. The van der Waals surface area contributed by atoms with Gasteiger partial charge in [0.25, 0.3) is 11.8 Å². The molecule has 0 bridgehead atoms. The van der Waals surface area contributed by atoms with E-state index in [0.717, 1.165) is 14.9 Å². The Kier molecular flexibility index (Phi) is 6.83. The van der Waals surface area contributed by atoms with Gasteiger partial charge in [0.1, 0.15) is 17.9 Å². The quantitative estimate of drug-likeness (QED) is 0.315. The summed E-state index contributed by atoms with van der Waals surface area (Å²) >= 11 is 15.4. The number of anilines is 1. The summed E-state index contributed by atoms with van der Waals surface area (Å²) in [6.07, 6.45) is 1.44. The van der Waals surface area contributed by atoms with E-state index in [4.69, 9.17) is 27.9 Å². The van der Waals surface area contributed by atoms with E-state index < -0.39 is 17.8 Å². The van der Waals surface area contributed by atoms with Gasteiger partial charge >= 0.3 is 6.03 Å². The molecule has 1 aliphatic heterocycles. The Morgan fingerprint density at radius 1 is 0.939 bits per heavy atom. The van der Waals surface area contributed by atoms with E-state index in [1.807, 2.05) is 0 Å². The highest BCUT2D eigenvalue weighted by molar-refractivity contribution is 9.10. The third-order valence-corrected chi connectivity index (χ3v) is 5.90. The van der Waals surface area contributed by atoms with Crippen molar-refractivity contribution in [3.8, 4) is 5.75 Å². The summed E-state index contributed by atoms with van der Waals surface area (Å²) < 4.78 is 6.60. The lowest BCUT2D eigenvalue weighted by Gasteiger charge is -2.26. The first-order chi connectivity index (χ1) is 15.8. The van der Waals surface area contributed by atoms with Crippen LogP contribution in [-0.2, 0) is 16.2 Å². The van der Waals surface area contributed by atoms with Crippen molar-refractivity contribution in [3.05, 3.63) is 97.9 Å². The molecule has 1 aliphatic rings. The maximum Gasteiger partial charge on any atom is 0.335 e. The van der Waals surface area contributed by atoms with Crippen LogP contribution in [0.4, 0.5) is 10.5 Å². The van der Waals surface area contributed by atoms with Gasteiger partial charge in [0.15, 0.2) is 0 Å². The van der Waals surface area contributed by atoms with Gasteiger partial charge in [-0.3, -0.25) is 14.9 Å². The summed E-state index contributed by atoms with van der Waals surface area (Å²) in [7, 11) is 0. The number of rotatable bonds is 5. The van der Waals surface area contributed by atoms with Crippen molar-refractivity contribution in [2.24, 2.45) is 0 Å². The molecule has 1 fully saturated rings. The van der Waals surface area contributed by atoms with E-state index >= 15 is 0 Å². The van der Waals surface area contributed by atoms with Gasteiger partial charge in [-0.2, -0.15) is 0 Å². The van der Waals surface area contributed by atoms with Crippen LogP contribution in [0.3, 0.4) is 0 Å². The lowest BCUT2D eigenvalue weighted by molar-refractivity contribution is -0.122. The molecule has 1 heterocycles. The number of nitrogens with one attached hydrogen (secondary N) is 1. The van der Waals surface area contributed by atoms with Crippen LogP contribution in [0.1, 0.15) is 11.1 Å². The van der Waals surface area contributed by atoms with Crippen LogP contribution < -0.4 is 15.0 Å². The highest BCUT2D eigenvalue weighted by Gasteiger charge is 2.36. The molecule has 1 saturated heterocycles. The number of carbonyl (C=O) groups is 3. The van der Waals surface area contributed by atoms with Crippen LogP contribution in [0.15, 0.2) is 76.8 Å². The van der Waals surface area contributed by atoms with Gasteiger partial charge in [0.2, 0.25) is 0 Å². The Morgan fingerprint density at radius 2 is 1.64 bits per heavy atom. The SMILES string of the molecule is O=C1NC(=O)N(c2ccc(OCc3ccc(Cl)cc3Cl)cc2)C(=O)/C1=C/c1ccc(Br)cc1. The second-order valence-corrected chi connectivity index (χ2v) is 8.79. The second-order valence-electron chi connectivity index (χ2n) is 7.03. The molecule has 4 amide bonds. The molecular weight excluding hydrogens is 531 g/mol. The first-order valence-electron chi connectivity index (χ1n) is 9.65. The number of barbiturate groups is 1. The molecule has 4 rings (SSSR count). The first-order valence-corrected chi connectivity index (χ1v) is 11.2. The van der Waals surface area contributed by atoms with E-state index in [0.29, 0.717) is 27.0 Å². The monoisotopic (exact) mass is 544 g/mol. The maximum atomic E-state index is 13.0. The Hall–Kier alpha value is -3.13. The predicted molar refractivity (Wildman–Crippen MR) is 130 cm³/mol. The number of urea groups is 1. The van der Waals surface area contributed by atoms with Crippen LogP contribution in [0.25, 0.3) is 6.08 Å². The fourth-order valence-corrected chi connectivity index (χ4v) is 3.84. The van der Waals surface area contributed by atoms with Crippen LogP contribution in [-0.4, -0.2) is 17.8 Å². The molecule has 166 valence electrons. The van der Waals surface area contributed by atoms with Crippen molar-refractivity contribution < 1.29 is 19.1 Å². The standard InChI is InChI=1S/C24H15BrCl2N2O4/c25-16-4-1-14(2-5-16)11-20-22(30)28-24(32)29(23(20)31)18-7-9-19(10-8-18)33-13-15-3-6-17(26)12-21(15)27/h1-12H,13H2,(H,28,30,32)/b20-11+. The predicted octanol–water partition coefficient (Wildman–Crippen LogP) is 6.00. The molecule has 9 heteroatoms. The Labute approximate surface area is 207 Å². The number of ether oxygens (including phenoxy) is 1. The smallest absolute Gasteiger partial charge is 0.335 e. The number of benzene rings is 3. The van der Waals surface area contributed by atoms with Crippen LogP contribution >= 0.6 is 39.1 Å². The lowest BCUT2D eigenvalue weighted by Crippen LogP contribution is -2.54. The van der Waals surface area contributed by atoms with E-state index in [2.05, 4.69) is 21.2 Å². The molecular formula is C24H15BrCl2N2O4. The molecule has 3 aromatic rings. The van der Waals surface area contributed by atoms with Crippen molar-refractivity contribution in [2.45, 2.75) is 6.61 Å². The maximum absolute atomic E-state index is 13.0. The van der Waals surface area contributed by atoms with Gasteiger partial charge in [-0.15, -0.1) is 0 Å². The number of halogens is 3. The summed E-state index contributed by atoms with van der Waals surface area (Å²) in [5, 5.41) is 3.23. The van der Waals surface area contributed by atoms with E-state index in [1.54, 1.807) is 66.7 Å². The fraction of sp³-hybridized carbons (Fsp3) is 0.0417. The minimum atomic E-state index is -0.820. The fourth-order valence-electron chi connectivity index (χ4n) is 3.11. The molecule has 0 unspecified atom stereocenters. The van der Waals surface area contributed by atoms with Gasteiger partial charge in [-0.25, -0.2) is 9.69 Å². The molecule has 0 aliphatic carbocycles. The average molecular weight is 546 g/mol. The Balaban J connectivity index is 1.52. The first kappa shape index (κ1) is 23.0. The Morgan fingerprint density at radius 3 is 2.30 bits per heavy atom. The molecule has 1 N–H and O–H groups in total. The number of imide groups is 2. The summed E-state index contributed by atoms with van der Waals surface area (Å²) in [4.78, 5) is 38.6. The number of hydrogen-bond donors (Lipinski definition) is 1. The van der Waals surface area contributed by atoms with Crippen molar-refractivity contribution in [1.29, 1.82) is 0 Å². The largest absolute Gasteiger partial charge is 0.489 e. The molecule has 6 nitrogen and oxygen atoms in total. The summed E-state index contributed by atoms with van der Waals surface area (Å²) in [6, 6.07) is 17.7. The van der Waals surface area contributed by atoms with Crippen LogP contribution in [0.5, 0.6) is 5.75 Å². The molecule has 0 saturated carbocycles. The van der Waals surface area contributed by atoms with Gasteiger partial charge in [0, 0.05) is 20.1 Å². The third kappa shape index (κ3) is 5.27. The zero-order chi connectivity index (χ0) is 23.5. The number of hydrogen-bond acceptors (Lipinski definition) is 4. The minimum absolute atomic E-state index is 0.144. The number of nitrogens with zero attached hydrogens (tertiary/aromatic N) is 1. The number of amides is 4. The third-order valence-electron chi connectivity index (χ3n) is 4.79.